The SMILES string of the molecule is CC=C(c1ccc(OC(=O)CC)cc1)c1ccc(OC(=O)CC)cc1. The van der Waals surface area contributed by atoms with Crippen LogP contribution >= 0.6 is 0 Å². The summed E-state index contributed by atoms with van der Waals surface area (Å²) in [6.45, 7) is 5.48. The summed E-state index contributed by atoms with van der Waals surface area (Å²) in [4.78, 5) is 22.7. The van der Waals surface area contributed by atoms with Crippen LogP contribution in [0.1, 0.15) is 44.7 Å². The molecule has 2 aromatic rings. The average Bonchev–Trinajstić information content (AvgIpc) is 2.64. The van der Waals surface area contributed by atoms with Crippen LogP contribution in [-0.4, -0.2) is 11.9 Å². The van der Waals surface area contributed by atoms with Crippen molar-refractivity contribution < 1.29 is 19.1 Å². The minimum Gasteiger partial charge on any atom is -0.427 e. The van der Waals surface area contributed by atoms with E-state index in [1.807, 2.05) is 37.3 Å². The molecule has 0 saturated heterocycles. The number of carbonyl (C=O) groups excluding carboxylic acids is 2. The molecular weight excluding hydrogens is 316 g/mol. The van der Waals surface area contributed by atoms with Crippen LogP contribution in [0.4, 0.5) is 0 Å². The third-order valence-corrected chi connectivity index (χ3v) is 3.66. The van der Waals surface area contributed by atoms with Gasteiger partial charge in [-0.2, -0.15) is 0 Å². The Morgan fingerprint density at radius 3 is 1.40 bits per heavy atom. The Morgan fingerprint density at radius 2 is 1.12 bits per heavy atom. The predicted molar refractivity (Wildman–Crippen MR) is 97.5 cm³/mol. The Labute approximate surface area is 148 Å². The summed E-state index contributed by atoms with van der Waals surface area (Å²) in [5.41, 5.74) is 3.07. The van der Waals surface area contributed by atoms with Gasteiger partial charge in [0.1, 0.15) is 11.5 Å². The highest BCUT2D eigenvalue weighted by molar-refractivity contribution is 5.80. The maximum atomic E-state index is 11.3. The van der Waals surface area contributed by atoms with Gasteiger partial charge >= 0.3 is 11.9 Å². The number of esters is 2. The van der Waals surface area contributed by atoms with Crippen molar-refractivity contribution in [3.8, 4) is 11.5 Å². The van der Waals surface area contributed by atoms with Crippen molar-refractivity contribution in [1.82, 2.24) is 0 Å². The standard InChI is InChI=1S/C21H22O4/c1-4-19(15-7-11-17(12-8-15)24-20(22)5-2)16-9-13-18(14-10-16)25-21(23)6-3/h4,7-14H,5-6H2,1-3H3. The normalized spacial score (nSPS) is 10.0. The quantitative estimate of drug-likeness (QED) is 0.562. The fourth-order valence-corrected chi connectivity index (χ4v) is 2.31. The van der Waals surface area contributed by atoms with Gasteiger partial charge in [0.05, 0.1) is 0 Å². The molecule has 0 aromatic heterocycles. The molecule has 4 nitrogen and oxygen atoms in total. The first-order chi connectivity index (χ1) is 12.1. The van der Waals surface area contributed by atoms with Gasteiger partial charge in [0, 0.05) is 12.8 Å². The minimum atomic E-state index is -0.253. The molecule has 0 N–H and O–H groups in total. The maximum Gasteiger partial charge on any atom is 0.310 e. The van der Waals surface area contributed by atoms with Crippen molar-refractivity contribution in [3.63, 3.8) is 0 Å². The second-order valence-electron chi connectivity index (χ2n) is 5.41. The second-order valence-corrected chi connectivity index (χ2v) is 5.41. The van der Waals surface area contributed by atoms with Crippen LogP contribution in [0.5, 0.6) is 11.5 Å². The molecule has 0 unspecified atom stereocenters. The van der Waals surface area contributed by atoms with E-state index in [1.54, 1.807) is 38.1 Å². The molecule has 0 radical (unpaired) electrons. The zero-order chi connectivity index (χ0) is 18.2. The van der Waals surface area contributed by atoms with Crippen LogP contribution in [0.15, 0.2) is 54.6 Å². The van der Waals surface area contributed by atoms with Gasteiger partial charge in [-0.15, -0.1) is 0 Å². The Kier molecular flexibility index (Phi) is 6.52. The van der Waals surface area contributed by atoms with E-state index in [0.29, 0.717) is 24.3 Å². The van der Waals surface area contributed by atoms with Crippen LogP contribution in [0, 0.1) is 0 Å². The van der Waals surface area contributed by atoms with Crippen molar-refractivity contribution >= 4 is 17.5 Å². The van der Waals surface area contributed by atoms with E-state index in [2.05, 4.69) is 0 Å². The van der Waals surface area contributed by atoms with E-state index in [4.69, 9.17) is 9.47 Å². The number of ether oxygens (including phenoxy) is 2. The molecule has 0 aliphatic rings. The van der Waals surface area contributed by atoms with E-state index in [1.165, 1.54) is 0 Å². The second kappa shape index (κ2) is 8.83. The zero-order valence-corrected chi connectivity index (χ0v) is 14.7. The zero-order valence-electron chi connectivity index (χ0n) is 14.7. The molecule has 0 atom stereocenters. The smallest absolute Gasteiger partial charge is 0.310 e. The van der Waals surface area contributed by atoms with E-state index in [0.717, 1.165) is 16.7 Å². The fourth-order valence-electron chi connectivity index (χ4n) is 2.31. The maximum absolute atomic E-state index is 11.3. The number of carbonyl (C=O) groups is 2. The highest BCUT2D eigenvalue weighted by Gasteiger charge is 2.07. The van der Waals surface area contributed by atoms with Crippen molar-refractivity contribution in [2.24, 2.45) is 0 Å². The lowest BCUT2D eigenvalue weighted by Crippen LogP contribution is -2.05. The monoisotopic (exact) mass is 338 g/mol. The highest BCUT2D eigenvalue weighted by Crippen LogP contribution is 2.27. The van der Waals surface area contributed by atoms with Crippen molar-refractivity contribution in [1.29, 1.82) is 0 Å². The van der Waals surface area contributed by atoms with E-state index >= 15 is 0 Å². The van der Waals surface area contributed by atoms with Crippen molar-refractivity contribution in [2.45, 2.75) is 33.6 Å². The van der Waals surface area contributed by atoms with Crippen LogP contribution in [0.2, 0.25) is 0 Å². The molecule has 0 heterocycles. The summed E-state index contributed by atoms with van der Waals surface area (Å²) in [5, 5.41) is 0. The molecule has 130 valence electrons. The van der Waals surface area contributed by atoms with Gasteiger partial charge in [-0.05, 0) is 47.9 Å². The molecule has 25 heavy (non-hydrogen) atoms. The summed E-state index contributed by atoms with van der Waals surface area (Å²) >= 11 is 0. The molecule has 0 aliphatic carbocycles. The lowest BCUT2D eigenvalue weighted by molar-refractivity contribution is -0.134. The highest BCUT2D eigenvalue weighted by atomic mass is 16.5. The lowest BCUT2D eigenvalue weighted by atomic mass is 9.97. The topological polar surface area (TPSA) is 52.6 Å². The third-order valence-electron chi connectivity index (χ3n) is 3.66. The van der Waals surface area contributed by atoms with E-state index < -0.39 is 0 Å². The summed E-state index contributed by atoms with van der Waals surface area (Å²) in [6.07, 6.45) is 2.70. The predicted octanol–water partition coefficient (Wildman–Crippen LogP) is 4.77. The molecule has 2 rings (SSSR count). The molecule has 2 aromatic carbocycles. The summed E-state index contributed by atoms with van der Waals surface area (Å²) in [7, 11) is 0. The number of allylic oxidation sites excluding steroid dienone is 1. The number of rotatable bonds is 6. The van der Waals surface area contributed by atoms with Gasteiger partial charge < -0.3 is 9.47 Å². The van der Waals surface area contributed by atoms with Gasteiger partial charge in [0.2, 0.25) is 0 Å². The lowest BCUT2D eigenvalue weighted by Gasteiger charge is -2.10. The van der Waals surface area contributed by atoms with Crippen LogP contribution in [-0.2, 0) is 9.59 Å². The Hall–Kier alpha value is -2.88. The van der Waals surface area contributed by atoms with Gasteiger partial charge in [-0.3, -0.25) is 9.59 Å². The van der Waals surface area contributed by atoms with Crippen LogP contribution < -0.4 is 9.47 Å². The number of benzene rings is 2. The largest absolute Gasteiger partial charge is 0.427 e. The van der Waals surface area contributed by atoms with Gasteiger partial charge in [-0.25, -0.2) is 0 Å². The molecular formula is C21H22O4. The molecule has 0 spiro atoms. The van der Waals surface area contributed by atoms with Crippen LogP contribution in [0.3, 0.4) is 0 Å². The molecule has 0 aliphatic heterocycles. The summed E-state index contributed by atoms with van der Waals surface area (Å²) < 4.78 is 10.4. The molecule has 4 heteroatoms. The molecule has 0 fully saturated rings. The molecule has 0 amide bonds. The van der Waals surface area contributed by atoms with Crippen molar-refractivity contribution in [2.75, 3.05) is 0 Å². The van der Waals surface area contributed by atoms with Gasteiger partial charge in [-0.1, -0.05) is 44.2 Å². The van der Waals surface area contributed by atoms with Crippen LogP contribution in [0.25, 0.3) is 5.57 Å². The average molecular weight is 338 g/mol. The summed E-state index contributed by atoms with van der Waals surface area (Å²) in [6, 6.07) is 14.8. The summed E-state index contributed by atoms with van der Waals surface area (Å²) in [5.74, 6) is 0.563. The van der Waals surface area contributed by atoms with Crippen molar-refractivity contribution in [3.05, 3.63) is 65.7 Å². The van der Waals surface area contributed by atoms with Gasteiger partial charge in [0.15, 0.2) is 0 Å². The van der Waals surface area contributed by atoms with E-state index in [-0.39, 0.29) is 11.9 Å². The van der Waals surface area contributed by atoms with E-state index in [9.17, 15) is 9.59 Å². The Bertz CT molecular complexity index is 692. The Morgan fingerprint density at radius 1 is 0.760 bits per heavy atom. The number of hydrogen-bond acceptors (Lipinski definition) is 4. The Balaban J connectivity index is 2.16. The molecule has 0 saturated carbocycles. The van der Waals surface area contributed by atoms with Gasteiger partial charge in [0.25, 0.3) is 0 Å². The number of hydrogen-bond donors (Lipinski definition) is 0. The third kappa shape index (κ3) is 5.05. The minimum absolute atomic E-state index is 0.253. The first kappa shape index (κ1) is 18.5. The first-order valence-corrected chi connectivity index (χ1v) is 8.35. The molecule has 0 bridgehead atoms. The first-order valence-electron chi connectivity index (χ1n) is 8.35. The fraction of sp³-hybridized carbons (Fsp3) is 0.238.